The minimum atomic E-state index is -0.326. The fourth-order valence-corrected chi connectivity index (χ4v) is 1.95. The Morgan fingerprint density at radius 2 is 2.11 bits per heavy atom. The highest BCUT2D eigenvalue weighted by Gasteiger charge is 2.24. The molecule has 1 aromatic rings. The third-order valence-electron chi connectivity index (χ3n) is 3.06. The second-order valence-corrected chi connectivity index (χ2v) is 4.18. The van der Waals surface area contributed by atoms with E-state index in [1.54, 1.807) is 6.07 Å². The molecule has 2 atom stereocenters. The Balaban J connectivity index is 0.000000771. The molecule has 1 aliphatic rings. The largest absolute Gasteiger partial charge is 0.465 e. The van der Waals surface area contributed by atoms with Gasteiger partial charge in [0.25, 0.3) is 0 Å². The zero-order valence-corrected chi connectivity index (χ0v) is 11.5. The van der Waals surface area contributed by atoms with Gasteiger partial charge in [0.05, 0.1) is 12.7 Å². The van der Waals surface area contributed by atoms with E-state index in [-0.39, 0.29) is 12.0 Å². The number of esters is 1. The van der Waals surface area contributed by atoms with Crippen molar-refractivity contribution in [3.05, 3.63) is 29.3 Å². The van der Waals surface area contributed by atoms with Crippen molar-refractivity contribution in [2.24, 2.45) is 11.7 Å². The molecule has 100 valence electrons. The van der Waals surface area contributed by atoms with Crippen molar-refractivity contribution in [1.29, 1.82) is 0 Å². The Labute approximate surface area is 109 Å². The zero-order valence-electron chi connectivity index (χ0n) is 11.5. The number of carbonyl (C=O) groups excluding carboxylic acids is 1. The number of rotatable bonds is 1. The molecule has 0 amide bonds. The van der Waals surface area contributed by atoms with Crippen molar-refractivity contribution in [2.45, 2.75) is 26.8 Å². The van der Waals surface area contributed by atoms with Crippen molar-refractivity contribution >= 4 is 11.7 Å². The smallest absolute Gasteiger partial charge is 0.337 e. The van der Waals surface area contributed by atoms with Gasteiger partial charge in [-0.05, 0) is 29.7 Å². The molecule has 0 spiro atoms. The fraction of sp³-hybridized carbons (Fsp3) is 0.500. The van der Waals surface area contributed by atoms with Crippen LogP contribution in [0.2, 0.25) is 0 Å². The maximum Gasteiger partial charge on any atom is 0.337 e. The summed E-state index contributed by atoms with van der Waals surface area (Å²) in [4.78, 5) is 11.4. The molecule has 2 rings (SSSR count). The molecule has 4 heteroatoms. The van der Waals surface area contributed by atoms with Crippen molar-refractivity contribution in [3.8, 4) is 0 Å². The molecule has 0 radical (unpaired) electrons. The highest BCUT2D eigenvalue weighted by molar-refractivity contribution is 5.90. The number of carbonyl (C=O) groups is 1. The zero-order chi connectivity index (χ0) is 13.7. The summed E-state index contributed by atoms with van der Waals surface area (Å²) in [5.41, 5.74) is 8.66. The average molecular weight is 250 g/mol. The van der Waals surface area contributed by atoms with Gasteiger partial charge in [-0.2, -0.15) is 0 Å². The molecule has 0 fully saturated rings. The van der Waals surface area contributed by atoms with Gasteiger partial charge in [-0.1, -0.05) is 20.8 Å². The van der Waals surface area contributed by atoms with E-state index < -0.39 is 0 Å². The van der Waals surface area contributed by atoms with Crippen LogP contribution < -0.4 is 11.1 Å². The van der Waals surface area contributed by atoms with Gasteiger partial charge in [-0.3, -0.25) is 0 Å². The van der Waals surface area contributed by atoms with Crippen LogP contribution in [0, 0.1) is 5.92 Å². The number of hydrogen-bond donors (Lipinski definition) is 2. The van der Waals surface area contributed by atoms with Crippen LogP contribution in [-0.4, -0.2) is 19.6 Å². The Hall–Kier alpha value is -1.55. The second-order valence-electron chi connectivity index (χ2n) is 4.18. The Bertz CT molecular complexity index is 418. The third-order valence-corrected chi connectivity index (χ3v) is 3.06. The Morgan fingerprint density at radius 1 is 1.44 bits per heavy atom. The van der Waals surface area contributed by atoms with Gasteiger partial charge in [0, 0.05) is 18.3 Å². The topological polar surface area (TPSA) is 64.3 Å². The van der Waals surface area contributed by atoms with Gasteiger partial charge in [0.2, 0.25) is 0 Å². The summed E-state index contributed by atoms with van der Waals surface area (Å²) in [7, 11) is 1.38. The predicted octanol–water partition coefficient (Wildman–Crippen LogP) is 2.56. The van der Waals surface area contributed by atoms with Crippen LogP contribution in [0.15, 0.2) is 18.2 Å². The molecular formula is C14H22N2O2. The number of nitrogens with one attached hydrogen (secondary N) is 1. The van der Waals surface area contributed by atoms with Gasteiger partial charge in [0.1, 0.15) is 0 Å². The number of ether oxygens (including phenoxy) is 1. The van der Waals surface area contributed by atoms with E-state index in [0.717, 1.165) is 17.8 Å². The summed E-state index contributed by atoms with van der Waals surface area (Å²) in [6.07, 6.45) is 0. The number of methoxy groups -OCH3 is 1. The molecule has 0 saturated carbocycles. The van der Waals surface area contributed by atoms with Crippen LogP contribution in [-0.2, 0) is 4.74 Å². The standard InChI is InChI=1S/C12H16N2O2.C2H6/c1-7-6-14-10-4-3-8(12(15)16-2)5-9(10)11(7)13;1-2/h3-5,7,11,14H,6,13H2,1-2H3;1-2H3/t7-,11?;/m1./s1. The van der Waals surface area contributed by atoms with E-state index >= 15 is 0 Å². The lowest BCUT2D eigenvalue weighted by Crippen LogP contribution is -2.31. The van der Waals surface area contributed by atoms with Crippen LogP contribution in [0.5, 0.6) is 0 Å². The first-order valence-corrected chi connectivity index (χ1v) is 6.35. The average Bonchev–Trinajstić information content (AvgIpc) is 2.44. The summed E-state index contributed by atoms with van der Waals surface area (Å²) in [6, 6.07) is 5.42. The normalized spacial score (nSPS) is 20.9. The molecule has 0 saturated heterocycles. The van der Waals surface area contributed by atoms with E-state index in [1.807, 2.05) is 26.0 Å². The second kappa shape index (κ2) is 6.40. The lowest BCUT2D eigenvalue weighted by molar-refractivity contribution is 0.0600. The summed E-state index contributed by atoms with van der Waals surface area (Å²) >= 11 is 0. The lowest BCUT2D eigenvalue weighted by Gasteiger charge is -2.29. The van der Waals surface area contributed by atoms with E-state index in [1.165, 1.54) is 7.11 Å². The lowest BCUT2D eigenvalue weighted by atomic mass is 9.89. The quantitative estimate of drug-likeness (QED) is 0.752. The van der Waals surface area contributed by atoms with Crippen molar-refractivity contribution in [1.82, 2.24) is 0 Å². The molecule has 4 nitrogen and oxygen atoms in total. The van der Waals surface area contributed by atoms with Crippen LogP contribution in [0.25, 0.3) is 0 Å². The molecule has 0 aromatic heterocycles. The van der Waals surface area contributed by atoms with Gasteiger partial charge >= 0.3 is 5.97 Å². The molecule has 1 aromatic carbocycles. The third kappa shape index (κ3) is 2.82. The van der Waals surface area contributed by atoms with Crippen molar-refractivity contribution < 1.29 is 9.53 Å². The van der Waals surface area contributed by atoms with Gasteiger partial charge < -0.3 is 15.8 Å². The molecule has 1 heterocycles. The van der Waals surface area contributed by atoms with Crippen molar-refractivity contribution in [3.63, 3.8) is 0 Å². The van der Waals surface area contributed by atoms with E-state index in [0.29, 0.717) is 11.5 Å². The highest BCUT2D eigenvalue weighted by atomic mass is 16.5. The molecule has 0 aliphatic carbocycles. The summed E-state index contributed by atoms with van der Waals surface area (Å²) < 4.78 is 4.69. The SMILES string of the molecule is CC.COC(=O)c1ccc2c(c1)C(N)[C@H](C)CN2. The van der Waals surface area contributed by atoms with Gasteiger partial charge in [-0.25, -0.2) is 4.79 Å². The van der Waals surface area contributed by atoms with Gasteiger partial charge in [0.15, 0.2) is 0 Å². The molecular weight excluding hydrogens is 228 g/mol. The monoisotopic (exact) mass is 250 g/mol. The predicted molar refractivity (Wildman–Crippen MR) is 73.7 cm³/mol. The number of fused-ring (bicyclic) bond motifs is 1. The first-order chi connectivity index (χ1) is 8.63. The minimum Gasteiger partial charge on any atom is -0.465 e. The first kappa shape index (κ1) is 14.5. The molecule has 0 bridgehead atoms. The molecule has 18 heavy (non-hydrogen) atoms. The first-order valence-electron chi connectivity index (χ1n) is 6.35. The maximum absolute atomic E-state index is 11.4. The summed E-state index contributed by atoms with van der Waals surface area (Å²) in [5.74, 6) is 0.0358. The minimum absolute atomic E-state index is 0.0270. The van der Waals surface area contributed by atoms with E-state index in [2.05, 4.69) is 17.0 Å². The van der Waals surface area contributed by atoms with Gasteiger partial charge in [-0.15, -0.1) is 0 Å². The van der Waals surface area contributed by atoms with Crippen LogP contribution in [0.4, 0.5) is 5.69 Å². The molecule has 1 unspecified atom stereocenters. The van der Waals surface area contributed by atoms with Crippen LogP contribution in [0.3, 0.4) is 0 Å². The number of benzene rings is 1. The summed E-state index contributed by atoms with van der Waals surface area (Å²) in [5, 5.41) is 3.29. The van der Waals surface area contributed by atoms with Crippen LogP contribution in [0.1, 0.15) is 42.7 Å². The Kier molecular flexibility index (Phi) is 5.16. The number of nitrogens with two attached hydrogens (primary N) is 1. The van der Waals surface area contributed by atoms with Crippen LogP contribution >= 0.6 is 0 Å². The maximum atomic E-state index is 11.4. The van der Waals surface area contributed by atoms with E-state index in [4.69, 9.17) is 5.73 Å². The van der Waals surface area contributed by atoms with Crippen molar-refractivity contribution in [2.75, 3.05) is 19.0 Å². The van der Waals surface area contributed by atoms with E-state index in [9.17, 15) is 4.79 Å². The highest BCUT2D eigenvalue weighted by Crippen LogP contribution is 2.32. The molecule has 3 N–H and O–H groups in total. The summed E-state index contributed by atoms with van der Waals surface area (Å²) in [6.45, 7) is 6.96. The number of hydrogen-bond acceptors (Lipinski definition) is 4. The molecule has 1 aliphatic heterocycles. The fourth-order valence-electron chi connectivity index (χ4n) is 1.95. The Morgan fingerprint density at radius 3 is 2.72 bits per heavy atom. The number of anilines is 1.